The van der Waals surface area contributed by atoms with E-state index < -0.39 is 5.97 Å². The Morgan fingerprint density at radius 1 is 0.545 bits per heavy atom. The Morgan fingerprint density at radius 2 is 0.879 bits per heavy atom. The van der Waals surface area contributed by atoms with Crippen molar-refractivity contribution >= 4 is 17.5 Å². The first-order valence-corrected chi connectivity index (χ1v) is 10.7. The first kappa shape index (κ1) is 36.1. The molecule has 0 amide bonds. The van der Waals surface area contributed by atoms with Gasteiger partial charge in [0.25, 0.3) is 0 Å². The van der Waals surface area contributed by atoms with Crippen molar-refractivity contribution in [2.24, 2.45) is 0 Å². The van der Waals surface area contributed by atoms with Crippen LogP contribution in [0.15, 0.2) is 0 Å². The maximum absolute atomic E-state index is 10.3. The van der Waals surface area contributed by atoms with Gasteiger partial charge in [-0.25, -0.2) is 4.79 Å². The quantitative estimate of drug-likeness (QED) is 0.182. The zero-order valence-electron chi connectivity index (χ0n) is 20.1. The normalized spacial score (nSPS) is 9.97. The summed E-state index contributed by atoms with van der Waals surface area (Å²) in [4.78, 5) is 30.6. The second kappa shape index (κ2) is 32.7. The lowest BCUT2D eigenvalue weighted by Crippen LogP contribution is -2.13. The van der Waals surface area contributed by atoms with Crippen LogP contribution in [0.25, 0.3) is 0 Å². The lowest BCUT2D eigenvalue weighted by molar-refractivity contribution is -0.143. The van der Waals surface area contributed by atoms with E-state index in [1.54, 1.807) is 0 Å². The number of carbonyl (C=O) groups excluding carboxylic acids is 2. The van der Waals surface area contributed by atoms with Gasteiger partial charge in [0.15, 0.2) is 11.6 Å². The van der Waals surface area contributed by atoms with Gasteiger partial charge in [0.2, 0.25) is 0 Å². The number of ketones is 2. The molecule has 0 aliphatic rings. The molecular weight excluding hydrogens is 444 g/mol. The molecule has 198 valence electrons. The van der Waals surface area contributed by atoms with E-state index in [-0.39, 0.29) is 57.8 Å². The Morgan fingerprint density at radius 3 is 1.18 bits per heavy atom. The molecule has 0 atom stereocenters. The minimum absolute atomic E-state index is 0.00663. The largest absolute Gasteiger partial charge is 0.480 e. The van der Waals surface area contributed by atoms with Crippen molar-refractivity contribution in [1.82, 2.24) is 0 Å². The number of carbonyl (C=O) groups is 3. The molecule has 0 bridgehead atoms. The average molecular weight is 487 g/mol. The molecular formula is C21H42O12. The van der Waals surface area contributed by atoms with E-state index in [0.717, 1.165) is 13.0 Å². The van der Waals surface area contributed by atoms with Crippen LogP contribution in [-0.2, 0) is 42.8 Å². The van der Waals surface area contributed by atoms with Gasteiger partial charge in [-0.1, -0.05) is 6.92 Å². The van der Waals surface area contributed by atoms with Gasteiger partial charge >= 0.3 is 5.97 Å². The lowest BCUT2D eigenvalue weighted by Gasteiger charge is -2.02. The number of aliphatic carboxylic acids is 1. The fraction of sp³-hybridized carbons (Fsp3) is 0.857. The van der Waals surface area contributed by atoms with Crippen LogP contribution in [0.4, 0.5) is 0 Å². The summed E-state index contributed by atoms with van der Waals surface area (Å²) in [6.07, 6.45) is 1.04. The Hall–Kier alpha value is -1.51. The van der Waals surface area contributed by atoms with Gasteiger partial charge in [-0.2, -0.15) is 0 Å². The summed E-state index contributed by atoms with van der Waals surface area (Å²) in [5.74, 6) is -1.07. The first-order chi connectivity index (χ1) is 15.8. The standard InChI is InChI=1S/C7H12O5.C7H14O4.C7H16O3/c1-6(8)4-11-2-3-12-5-7(9)10;1-7(9)6-11-5-4-10-3-2-8;1-2-4-9-6-7-10-5-3-8/h2-5H2,1H3,(H,9,10);8H,2-6H2,1H3;8H,2-7H2,1H3. The highest BCUT2D eigenvalue weighted by atomic mass is 16.5. The van der Waals surface area contributed by atoms with E-state index >= 15 is 0 Å². The number of hydrogen-bond acceptors (Lipinski definition) is 11. The van der Waals surface area contributed by atoms with Crippen LogP contribution in [0.2, 0.25) is 0 Å². The van der Waals surface area contributed by atoms with E-state index in [2.05, 4.69) is 11.7 Å². The minimum Gasteiger partial charge on any atom is -0.480 e. The molecule has 0 rings (SSSR count). The zero-order valence-corrected chi connectivity index (χ0v) is 20.1. The third kappa shape index (κ3) is 48.9. The molecule has 0 spiro atoms. The number of aliphatic hydroxyl groups is 2. The van der Waals surface area contributed by atoms with E-state index in [0.29, 0.717) is 39.6 Å². The predicted octanol–water partition coefficient (Wildman–Crippen LogP) is -0.284. The monoisotopic (exact) mass is 486 g/mol. The average Bonchev–Trinajstić information content (AvgIpc) is 2.76. The lowest BCUT2D eigenvalue weighted by atomic mass is 10.5. The van der Waals surface area contributed by atoms with Crippen molar-refractivity contribution in [3.8, 4) is 0 Å². The van der Waals surface area contributed by atoms with Crippen LogP contribution >= 0.6 is 0 Å². The van der Waals surface area contributed by atoms with E-state index in [9.17, 15) is 14.4 Å². The predicted molar refractivity (Wildman–Crippen MR) is 118 cm³/mol. The minimum atomic E-state index is -1.01. The Bertz CT molecular complexity index is 405. The number of carboxylic acids is 1. The second-order valence-corrected chi connectivity index (χ2v) is 6.24. The molecule has 0 radical (unpaired) electrons. The van der Waals surface area contributed by atoms with Gasteiger partial charge in [0.1, 0.15) is 19.8 Å². The van der Waals surface area contributed by atoms with Crippen molar-refractivity contribution in [2.75, 3.05) is 92.5 Å². The molecule has 0 heterocycles. The maximum atomic E-state index is 10.3. The van der Waals surface area contributed by atoms with Crippen molar-refractivity contribution in [3.63, 3.8) is 0 Å². The molecule has 3 N–H and O–H groups in total. The van der Waals surface area contributed by atoms with E-state index in [1.807, 2.05) is 0 Å². The molecule has 0 aromatic rings. The highest BCUT2D eigenvalue weighted by molar-refractivity contribution is 5.76. The molecule has 0 unspecified atom stereocenters. The third-order valence-corrected chi connectivity index (χ3v) is 2.77. The summed E-state index contributed by atoms with van der Waals surface area (Å²) in [6.45, 7) is 8.93. The van der Waals surface area contributed by atoms with Gasteiger partial charge in [-0.3, -0.25) is 9.59 Å². The van der Waals surface area contributed by atoms with Crippen molar-refractivity contribution < 1.29 is 58.1 Å². The first-order valence-electron chi connectivity index (χ1n) is 10.7. The fourth-order valence-electron chi connectivity index (χ4n) is 1.52. The van der Waals surface area contributed by atoms with Crippen LogP contribution < -0.4 is 0 Å². The van der Waals surface area contributed by atoms with Gasteiger partial charge in [0, 0.05) is 6.61 Å². The van der Waals surface area contributed by atoms with Crippen LogP contribution in [0.3, 0.4) is 0 Å². The van der Waals surface area contributed by atoms with Gasteiger partial charge in [-0.05, 0) is 20.3 Å². The van der Waals surface area contributed by atoms with Gasteiger partial charge in [0.05, 0.1) is 66.1 Å². The molecule has 0 aromatic heterocycles. The fourth-order valence-corrected chi connectivity index (χ4v) is 1.52. The van der Waals surface area contributed by atoms with Crippen LogP contribution in [-0.4, -0.2) is 125 Å². The molecule has 0 fully saturated rings. The number of carboxylic acid groups (broad SMARTS) is 1. The number of rotatable bonds is 21. The topological polar surface area (TPSA) is 167 Å². The summed E-state index contributed by atoms with van der Waals surface area (Å²) >= 11 is 0. The summed E-state index contributed by atoms with van der Waals surface area (Å²) in [5.41, 5.74) is 0. The SMILES string of the molecule is CC(=O)COCCOCC(=O)O.CC(=O)COCCOCCO.CCCOCCOCCO. The molecule has 0 saturated heterocycles. The highest BCUT2D eigenvalue weighted by Crippen LogP contribution is 1.81. The molecule has 12 nitrogen and oxygen atoms in total. The van der Waals surface area contributed by atoms with E-state index in [1.165, 1.54) is 13.8 Å². The number of Topliss-reactive ketones (excluding diaryl/α,β-unsaturated/α-hetero) is 2. The van der Waals surface area contributed by atoms with Crippen molar-refractivity contribution in [3.05, 3.63) is 0 Å². The molecule has 12 heteroatoms. The molecule has 33 heavy (non-hydrogen) atoms. The molecule has 0 aliphatic heterocycles. The van der Waals surface area contributed by atoms with Crippen molar-refractivity contribution in [2.45, 2.75) is 27.2 Å². The molecule has 0 aromatic carbocycles. The number of hydrogen-bond donors (Lipinski definition) is 3. The van der Waals surface area contributed by atoms with Crippen molar-refractivity contribution in [1.29, 1.82) is 0 Å². The zero-order chi connectivity index (χ0) is 25.6. The summed E-state index contributed by atoms with van der Waals surface area (Å²) < 4.78 is 29.3. The third-order valence-electron chi connectivity index (χ3n) is 2.77. The van der Waals surface area contributed by atoms with E-state index in [4.69, 9.17) is 39.0 Å². The number of ether oxygens (including phenoxy) is 6. The Balaban J connectivity index is -0.000000411. The second-order valence-electron chi connectivity index (χ2n) is 6.24. The Kier molecular flexibility index (Phi) is 35.7. The number of aliphatic hydroxyl groups excluding tert-OH is 2. The van der Waals surface area contributed by atoms with Crippen LogP contribution in [0.5, 0.6) is 0 Å². The Labute approximate surface area is 196 Å². The van der Waals surface area contributed by atoms with Gasteiger partial charge < -0.3 is 43.7 Å². The highest BCUT2D eigenvalue weighted by Gasteiger charge is 1.96. The van der Waals surface area contributed by atoms with Crippen LogP contribution in [0.1, 0.15) is 27.2 Å². The summed E-state index contributed by atoms with van der Waals surface area (Å²) in [5, 5.41) is 24.7. The summed E-state index contributed by atoms with van der Waals surface area (Å²) in [7, 11) is 0. The smallest absolute Gasteiger partial charge is 0.329 e. The molecule has 0 saturated carbocycles. The van der Waals surface area contributed by atoms with Crippen LogP contribution in [0, 0.1) is 0 Å². The maximum Gasteiger partial charge on any atom is 0.329 e. The van der Waals surface area contributed by atoms with Gasteiger partial charge in [-0.15, -0.1) is 0 Å². The summed E-state index contributed by atoms with van der Waals surface area (Å²) in [6, 6.07) is 0. The molecule has 0 aliphatic carbocycles.